The molecule has 1 amide bonds. The molecule has 1 atom stereocenters. The summed E-state index contributed by atoms with van der Waals surface area (Å²) in [4.78, 5) is 35.9. The fraction of sp³-hybridized carbons (Fsp3) is 0.208. The van der Waals surface area contributed by atoms with Crippen LogP contribution in [-0.2, 0) is 16.0 Å². The Kier molecular flexibility index (Phi) is 5.33. The summed E-state index contributed by atoms with van der Waals surface area (Å²) < 4.78 is 11.1. The number of amides is 1. The van der Waals surface area contributed by atoms with Crippen molar-refractivity contribution in [2.24, 2.45) is 0 Å². The van der Waals surface area contributed by atoms with Crippen molar-refractivity contribution < 1.29 is 23.5 Å². The van der Waals surface area contributed by atoms with E-state index in [0.717, 1.165) is 16.5 Å². The van der Waals surface area contributed by atoms with E-state index >= 15 is 0 Å². The van der Waals surface area contributed by atoms with Crippen LogP contribution >= 0.6 is 0 Å². The van der Waals surface area contributed by atoms with Gasteiger partial charge in [0, 0.05) is 22.4 Å². The van der Waals surface area contributed by atoms with E-state index in [1.165, 1.54) is 0 Å². The zero-order chi connectivity index (χ0) is 22.1. The van der Waals surface area contributed by atoms with Crippen molar-refractivity contribution in [1.29, 1.82) is 0 Å². The van der Waals surface area contributed by atoms with Gasteiger partial charge in [0.05, 0.1) is 30.3 Å². The molecular weight excluding hydrogens is 398 g/mol. The van der Waals surface area contributed by atoms with Crippen LogP contribution < -0.4 is 16.0 Å². The smallest absolute Gasteiger partial charge is 0.340 e. The lowest BCUT2D eigenvalue weighted by Gasteiger charge is -2.18. The molecule has 0 saturated heterocycles. The highest BCUT2D eigenvalue weighted by molar-refractivity contribution is 6.02. The van der Waals surface area contributed by atoms with Crippen LogP contribution in [0.25, 0.3) is 33.1 Å². The predicted molar refractivity (Wildman–Crippen MR) is 113 cm³/mol. The third kappa shape index (κ3) is 3.82. The molecule has 0 aliphatic heterocycles. The van der Waals surface area contributed by atoms with E-state index in [4.69, 9.17) is 8.83 Å². The van der Waals surface area contributed by atoms with E-state index in [1.807, 2.05) is 36.4 Å². The Hall–Kier alpha value is -3.87. The molecular formula is C24H20NO6-. The van der Waals surface area contributed by atoms with Crippen LogP contribution in [0.15, 0.2) is 62.4 Å². The van der Waals surface area contributed by atoms with Crippen molar-refractivity contribution in [2.45, 2.75) is 32.7 Å². The first-order valence-electron chi connectivity index (χ1n) is 9.92. The van der Waals surface area contributed by atoms with Crippen molar-refractivity contribution in [3.8, 4) is 11.1 Å². The van der Waals surface area contributed by atoms with Gasteiger partial charge in [-0.05, 0) is 30.5 Å². The summed E-state index contributed by atoms with van der Waals surface area (Å²) in [6.45, 7) is 3.36. The van der Waals surface area contributed by atoms with Gasteiger partial charge in [-0.3, -0.25) is 4.79 Å². The second-order valence-corrected chi connectivity index (χ2v) is 7.38. The van der Waals surface area contributed by atoms with Gasteiger partial charge in [0.2, 0.25) is 5.91 Å². The number of rotatable bonds is 6. The molecule has 0 bridgehead atoms. The van der Waals surface area contributed by atoms with Crippen molar-refractivity contribution in [3.05, 3.63) is 70.3 Å². The molecule has 0 aliphatic carbocycles. The lowest BCUT2D eigenvalue weighted by molar-refractivity contribution is -0.308. The molecule has 2 aromatic carbocycles. The highest BCUT2D eigenvalue weighted by atomic mass is 16.4. The molecule has 0 unspecified atom stereocenters. The summed E-state index contributed by atoms with van der Waals surface area (Å²) in [7, 11) is 0. The number of hydrogen-bond donors (Lipinski definition) is 1. The fourth-order valence-electron chi connectivity index (χ4n) is 3.69. The Balaban J connectivity index is 1.77. The summed E-state index contributed by atoms with van der Waals surface area (Å²) in [5, 5.41) is 15.0. The topological polar surface area (TPSA) is 113 Å². The van der Waals surface area contributed by atoms with E-state index in [9.17, 15) is 19.5 Å². The minimum atomic E-state index is -1.37. The van der Waals surface area contributed by atoms with Crippen LogP contribution in [0.5, 0.6) is 0 Å². The molecule has 2 aromatic heterocycles. The third-order valence-electron chi connectivity index (χ3n) is 5.43. The quantitative estimate of drug-likeness (QED) is 0.482. The first-order valence-corrected chi connectivity index (χ1v) is 9.92. The van der Waals surface area contributed by atoms with E-state index < -0.39 is 23.5 Å². The van der Waals surface area contributed by atoms with Crippen LogP contribution in [0.4, 0.5) is 0 Å². The fourth-order valence-corrected chi connectivity index (χ4v) is 3.69. The Morgan fingerprint density at radius 3 is 2.52 bits per heavy atom. The molecule has 0 spiro atoms. The first-order chi connectivity index (χ1) is 14.9. The SMILES string of the molecule is CC[C@@H](NC(=O)Cc1c(C)c2cc3c(-c4ccccc4)coc3cc2oc1=O)C(=O)[O-]. The molecule has 4 rings (SSSR count). The number of carboxylic acid groups (broad SMARTS) is 1. The summed E-state index contributed by atoms with van der Waals surface area (Å²) in [5.41, 5.74) is 2.97. The highest BCUT2D eigenvalue weighted by Crippen LogP contribution is 2.34. The largest absolute Gasteiger partial charge is 0.548 e. The summed E-state index contributed by atoms with van der Waals surface area (Å²) in [5.74, 6) is -1.95. The van der Waals surface area contributed by atoms with Crippen LogP contribution in [0, 0.1) is 6.92 Å². The van der Waals surface area contributed by atoms with E-state index in [-0.39, 0.29) is 18.4 Å². The highest BCUT2D eigenvalue weighted by Gasteiger charge is 2.19. The lowest BCUT2D eigenvalue weighted by Crippen LogP contribution is -2.48. The van der Waals surface area contributed by atoms with Gasteiger partial charge in [-0.2, -0.15) is 0 Å². The minimum Gasteiger partial charge on any atom is -0.548 e. The summed E-state index contributed by atoms with van der Waals surface area (Å²) >= 11 is 0. The Labute approximate surface area is 177 Å². The number of fused-ring (bicyclic) bond motifs is 2. The number of aliphatic carboxylic acids is 1. The molecule has 7 nitrogen and oxygen atoms in total. The second kappa shape index (κ2) is 8.10. The summed E-state index contributed by atoms with van der Waals surface area (Å²) in [6, 6.07) is 12.2. The van der Waals surface area contributed by atoms with Gasteiger partial charge in [-0.1, -0.05) is 37.3 Å². The summed E-state index contributed by atoms with van der Waals surface area (Å²) in [6.07, 6.45) is 1.55. The predicted octanol–water partition coefficient (Wildman–Crippen LogP) is 2.70. The number of carbonyl (C=O) groups is 2. The second-order valence-electron chi connectivity index (χ2n) is 7.38. The maximum atomic E-state index is 12.5. The maximum absolute atomic E-state index is 12.5. The van der Waals surface area contributed by atoms with Gasteiger partial charge in [0.15, 0.2) is 0 Å². The molecule has 0 saturated carbocycles. The molecule has 7 heteroatoms. The van der Waals surface area contributed by atoms with E-state index in [0.29, 0.717) is 22.1 Å². The average molecular weight is 418 g/mol. The van der Waals surface area contributed by atoms with Crippen LogP contribution in [0.2, 0.25) is 0 Å². The molecule has 1 N–H and O–H groups in total. The van der Waals surface area contributed by atoms with Gasteiger partial charge in [0.1, 0.15) is 11.2 Å². The lowest BCUT2D eigenvalue weighted by atomic mass is 9.99. The van der Waals surface area contributed by atoms with Crippen molar-refractivity contribution >= 4 is 33.8 Å². The Bertz CT molecular complexity index is 1350. The van der Waals surface area contributed by atoms with Gasteiger partial charge in [0.25, 0.3) is 0 Å². The van der Waals surface area contributed by atoms with Crippen LogP contribution in [0.3, 0.4) is 0 Å². The van der Waals surface area contributed by atoms with Crippen LogP contribution in [0.1, 0.15) is 24.5 Å². The Morgan fingerprint density at radius 1 is 1.10 bits per heavy atom. The zero-order valence-corrected chi connectivity index (χ0v) is 17.1. The van der Waals surface area contributed by atoms with Crippen LogP contribution in [-0.4, -0.2) is 17.9 Å². The third-order valence-corrected chi connectivity index (χ3v) is 5.43. The Morgan fingerprint density at radius 2 is 1.84 bits per heavy atom. The molecule has 31 heavy (non-hydrogen) atoms. The van der Waals surface area contributed by atoms with Gasteiger partial charge in [-0.15, -0.1) is 0 Å². The van der Waals surface area contributed by atoms with Gasteiger partial charge in [-0.25, -0.2) is 4.79 Å². The van der Waals surface area contributed by atoms with Gasteiger partial charge < -0.3 is 24.1 Å². The zero-order valence-electron chi connectivity index (χ0n) is 17.1. The van der Waals surface area contributed by atoms with Crippen molar-refractivity contribution in [1.82, 2.24) is 5.32 Å². The minimum absolute atomic E-state index is 0.181. The first kappa shape index (κ1) is 20.4. The number of nitrogens with one attached hydrogen (secondary N) is 1. The number of carboxylic acids is 1. The van der Waals surface area contributed by atoms with E-state index in [1.54, 1.807) is 26.2 Å². The van der Waals surface area contributed by atoms with Gasteiger partial charge >= 0.3 is 5.63 Å². The monoisotopic (exact) mass is 418 g/mol. The molecule has 0 aliphatic rings. The molecule has 2 heterocycles. The molecule has 158 valence electrons. The molecule has 0 radical (unpaired) electrons. The number of furan rings is 1. The van der Waals surface area contributed by atoms with Crippen molar-refractivity contribution in [2.75, 3.05) is 0 Å². The maximum Gasteiger partial charge on any atom is 0.340 e. The van der Waals surface area contributed by atoms with E-state index in [2.05, 4.69) is 5.32 Å². The normalized spacial score (nSPS) is 12.2. The molecule has 0 fully saturated rings. The average Bonchev–Trinajstić information content (AvgIpc) is 3.17. The number of hydrogen-bond acceptors (Lipinski definition) is 6. The van der Waals surface area contributed by atoms with Crippen molar-refractivity contribution in [3.63, 3.8) is 0 Å². The standard InChI is InChI=1S/C24H21NO6/c1-3-19(23(27)28)25-22(26)10-16-13(2)15-9-17-18(14-7-5-4-6-8-14)12-30-20(17)11-21(15)31-24(16)29/h4-9,11-12,19H,3,10H2,1-2H3,(H,25,26)(H,27,28)/p-1/t19-/m1/s1. The number of carbonyl (C=O) groups excluding carboxylic acids is 2. The molecule has 4 aromatic rings. The number of benzene rings is 2. The number of aryl methyl sites for hydroxylation is 1.